The van der Waals surface area contributed by atoms with Crippen LogP contribution in [0.1, 0.15) is 43.7 Å². The lowest BCUT2D eigenvalue weighted by atomic mass is 10.0. The van der Waals surface area contributed by atoms with Crippen LogP contribution in [0.3, 0.4) is 0 Å². The summed E-state index contributed by atoms with van der Waals surface area (Å²) in [6, 6.07) is 0. The third-order valence-electron chi connectivity index (χ3n) is 4.36. The maximum atomic E-state index is 12.7. The van der Waals surface area contributed by atoms with Gasteiger partial charge in [0.2, 0.25) is 0 Å². The molecule has 130 valence electrons. The van der Waals surface area contributed by atoms with Gasteiger partial charge in [0.25, 0.3) is 11.5 Å². The first-order chi connectivity index (χ1) is 12.0. The molecule has 6 nitrogen and oxygen atoms in total. The molecule has 0 aliphatic heterocycles. The summed E-state index contributed by atoms with van der Waals surface area (Å²) in [6.45, 7) is 2.33. The molecule has 0 N–H and O–H groups in total. The average Bonchev–Trinajstić information content (AvgIpc) is 3.17. The summed E-state index contributed by atoms with van der Waals surface area (Å²) in [7, 11) is 1.70. The lowest BCUT2D eigenvalue weighted by Crippen LogP contribution is -2.32. The minimum Gasteiger partial charge on any atom is -0.335 e. The van der Waals surface area contributed by atoms with Crippen LogP contribution in [0.2, 0.25) is 0 Å². The highest BCUT2D eigenvalue weighted by molar-refractivity contribution is 7.16. The number of hydrogen-bond donors (Lipinski definition) is 0. The Morgan fingerprint density at radius 2 is 2.12 bits per heavy atom. The lowest BCUT2D eigenvalue weighted by molar-refractivity contribution is 0.0782. The fourth-order valence-corrected chi connectivity index (χ4v) is 5.09. The SMILES string of the molecule is Cc1cn2c(=O)c(C(=O)N(C)Cc3nc4c(s3)CCCC4)cnc2s1. The molecule has 0 fully saturated rings. The van der Waals surface area contributed by atoms with Crippen LogP contribution < -0.4 is 5.56 Å². The Kier molecular flexibility index (Phi) is 4.16. The first-order valence-electron chi connectivity index (χ1n) is 8.23. The maximum Gasteiger partial charge on any atom is 0.271 e. The topological polar surface area (TPSA) is 67.6 Å². The smallest absolute Gasteiger partial charge is 0.271 e. The summed E-state index contributed by atoms with van der Waals surface area (Å²) in [4.78, 5) is 38.7. The van der Waals surface area contributed by atoms with Crippen molar-refractivity contribution in [3.05, 3.63) is 48.8 Å². The number of carbonyl (C=O) groups excluding carboxylic acids is 1. The van der Waals surface area contributed by atoms with Gasteiger partial charge in [-0.1, -0.05) is 0 Å². The Bertz CT molecular complexity index is 994. The zero-order valence-electron chi connectivity index (χ0n) is 14.1. The van der Waals surface area contributed by atoms with Gasteiger partial charge in [-0.3, -0.25) is 14.0 Å². The Morgan fingerprint density at radius 3 is 2.92 bits per heavy atom. The number of nitrogens with zero attached hydrogens (tertiary/aromatic N) is 4. The molecule has 1 aliphatic rings. The third-order valence-corrected chi connectivity index (χ3v) is 6.42. The van der Waals surface area contributed by atoms with E-state index in [0.717, 1.165) is 22.7 Å². The van der Waals surface area contributed by atoms with E-state index in [2.05, 4.69) is 9.97 Å². The van der Waals surface area contributed by atoms with Gasteiger partial charge in [0.05, 0.1) is 12.2 Å². The van der Waals surface area contributed by atoms with Gasteiger partial charge < -0.3 is 4.90 Å². The molecule has 0 saturated carbocycles. The van der Waals surface area contributed by atoms with Crippen LogP contribution in [0.4, 0.5) is 0 Å². The number of fused-ring (bicyclic) bond motifs is 2. The molecule has 3 aromatic heterocycles. The minimum absolute atomic E-state index is 0.0964. The first-order valence-corrected chi connectivity index (χ1v) is 9.87. The molecule has 1 aliphatic carbocycles. The van der Waals surface area contributed by atoms with Gasteiger partial charge in [0.1, 0.15) is 10.6 Å². The summed E-state index contributed by atoms with van der Waals surface area (Å²) < 4.78 is 1.45. The lowest BCUT2D eigenvalue weighted by Gasteiger charge is -2.15. The largest absolute Gasteiger partial charge is 0.335 e. The highest BCUT2D eigenvalue weighted by atomic mass is 32.1. The first kappa shape index (κ1) is 16.4. The van der Waals surface area contributed by atoms with Crippen LogP contribution in [0.25, 0.3) is 4.96 Å². The van der Waals surface area contributed by atoms with Crippen molar-refractivity contribution in [1.29, 1.82) is 0 Å². The third kappa shape index (κ3) is 3.00. The molecule has 3 heterocycles. The van der Waals surface area contributed by atoms with Crippen molar-refractivity contribution in [2.45, 2.75) is 39.2 Å². The summed E-state index contributed by atoms with van der Waals surface area (Å²) in [6.07, 6.45) is 7.63. The summed E-state index contributed by atoms with van der Waals surface area (Å²) in [5, 5.41) is 0.934. The normalized spacial score (nSPS) is 13.8. The zero-order chi connectivity index (χ0) is 17.6. The van der Waals surface area contributed by atoms with Crippen LogP contribution in [-0.4, -0.2) is 32.2 Å². The van der Waals surface area contributed by atoms with Gasteiger partial charge in [-0.15, -0.1) is 22.7 Å². The van der Waals surface area contributed by atoms with E-state index in [1.165, 1.54) is 45.3 Å². The van der Waals surface area contributed by atoms with E-state index in [9.17, 15) is 9.59 Å². The second-order valence-electron chi connectivity index (χ2n) is 6.32. The highest BCUT2D eigenvalue weighted by Crippen LogP contribution is 2.27. The highest BCUT2D eigenvalue weighted by Gasteiger charge is 2.21. The monoisotopic (exact) mass is 374 g/mol. The molecule has 8 heteroatoms. The van der Waals surface area contributed by atoms with Crippen molar-refractivity contribution < 1.29 is 4.79 Å². The molecule has 1 amide bonds. The van der Waals surface area contributed by atoms with Gasteiger partial charge in [-0.2, -0.15) is 0 Å². The Morgan fingerprint density at radius 1 is 1.32 bits per heavy atom. The quantitative estimate of drug-likeness (QED) is 0.707. The van der Waals surface area contributed by atoms with Crippen molar-refractivity contribution in [2.75, 3.05) is 7.05 Å². The molecule has 0 bridgehead atoms. The van der Waals surface area contributed by atoms with Crippen molar-refractivity contribution in [3.8, 4) is 0 Å². The number of hydrogen-bond acceptors (Lipinski definition) is 6. The van der Waals surface area contributed by atoms with Crippen LogP contribution in [0.15, 0.2) is 17.2 Å². The fraction of sp³-hybridized carbons (Fsp3) is 0.412. The predicted molar refractivity (Wildman–Crippen MR) is 98.6 cm³/mol. The van der Waals surface area contributed by atoms with Crippen LogP contribution in [0, 0.1) is 6.92 Å². The van der Waals surface area contributed by atoms with Gasteiger partial charge in [0.15, 0.2) is 4.96 Å². The van der Waals surface area contributed by atoms with Crippen molar-refractivity contribution in [1.82, 2.24) is 19.3 Å². The van der Waals surface area contributed by atoms with E-state index < -0.39 is 0 Å². The van der Waals surface area contributed by atoms with E-state index in [-0.39, 0.29) is 17.0 Å². The Balaban J connectivity index is 1.59. The zero-order valence-corrected chi connectivity index (χ0v) is 15.7. The van der Waals surface area contributed by atoms with Crippen molar-refractivity contribution in [3.63, 3.8) is 0 Å². The van der Waals surface area contributed by atoms with E-state index in [0.29, 0.717) is 11.5 Å². The van der Waals surface area contributed by atoms with Gasteiger partial charge >= 0.3 is 0 Å². The molecule has 0 spiro atoms. The second kappa shape index (κ2) is 6.34. The number of rotatable bonds is 3. The second-order valence-corrected chi connectivity index (χ2v) is 8.70. The molecule has 0 unspecified atom stereocenters. The molecule has 0 radical (unpaired) electrons. The Hall–Kier alpha value is -2.06. The number of thiazole rings is 2. The molecular weight excluding hydrogens is 356 g/mol. The summed E-state index contributed by atoms with van der Waals surface area (Å²) in [5.41, 5.74) is 0.966. The number of carbonyl (C=O) groups is 1. The van der Waals surface area contributed by atoms with E-state index in [1.807, 2.05) is 6.92 Å². The van der Waals surface area contributed by atoms with Crippen LogP contribution >= 0.6 is 22.7 Å². The van der Waals surface area contributed by atoms with Gasteiger partial charge in [0, 0.05) is 29.2 Å². The standard InChI is InChI=1S/C17H18N4O2S2/c1-10-8-21-16(23)11(7-18-17(21)24-10)15(22)20(2)9-14-19-12-5-3-4-6-13(12)25-14/h7-8H,3-6,9H2,1-2H3. The minimum atomic E-state index is -0.316. The molecule has 0 atom stereocenters. The summed E-state index contributed by atoms with van der Waals surface area (Å²) >= 11 is 3.12. The van der Waals surface area contributed by atoms with Crippen molar-refractivity contribution in [2.24, 2.45) is 0 Å². The number of amides is 1. The van der Waals surface area contributed by atoms with Crippen LogP contribution in [0.5, 0.6) is 0 Å². The fourth-order valence-electron chi connectivity index (χ4n) is 3.10. The Labute approximate surface area is 152 Å². The summed E-state index contributed by atoms with van der Waals surface area (Å²) in [5.74, 6) is -0.316. The number of aryl methyl sites for hydroxylation is 3. The average molecular weight is 374 g/mol. The molecule has 3 aromatic rings. The molecule has 0 aromatic carbocycles. The van der Waals surface area contributed by atoms with E-state index in [4.69, 9.17) is 0 Å². The maximum absolute atomic E-state index is 12.7. The molecule has 4 rings (SSSR count). The molecular formula is C17H18N4O2S2. The van der Waals surface area contributed by atoms with Gasteiger partial charge in [-0.25, -0.2) is 9.97 Å². The molecule has 25 heavy (non-hydrogen) atoms. The van der Waals surface area contributed by atoms with Gasteiger partial charge in [-0.05, 0) is 32.6 Å². The number of aromatic nitrogens is 3. The van der Waals surface area contributed by atoms with E-state index >= 15 is 0 Å². The molecule has 0 saturated heterocycles. The van der Waals surface area contributed by atoms with Crippen molar-refractivity contribution >= 4 is 33.5 Å². The predicted octanol–water partition coefficient (Wildman–Crippen LogP) is 2.67. The van der Waals surface area contributed by atoms with Crippen LogP contribution in [-0.2, 0) is 19.4 Å². The van der Waals surface area contributed by atoms with E-state index in [1.54, 1.807) is 29.5 Å².